The molecular formula is C14H18O3. The second kappa shape index (κ2) is 5.04. The summed E-state index contributed by atoms with van der Waals surface area (Å²) in [5.74, 6) is 0.548. The lowest BCUT2D eigenvalue weighted by Crippen LogP contribution is -2.17. The third-order valence-corrected chi connectivity index (χ3v) is 2.37. The third-order valence-electron chi connectivity index (χ3n) is 2.37. The lowest BCUT2D eigenvalue weighted by atomic mass is 9.90. The van der Waals surface area contributed by atoms with E-state index < -0.39 is 0 Å². The molecule has 0 bridgehead atoms. The molecule has 3 heteroatoms. The van der Waals surface area contributed by atoms with Crippen LogP contribution in [0.5, 0.6) is 11.5 Å². The van der Waals surface area contributed by atoms with Crippen molar-refractivity contribution in [2.45, 2.75) is 20.8 Å². The number of ether oxygens (including phenoxy) is 1. The molecule has 0 spiro atoms. The van der Waals surface area contributed by atoms with Crippen LogP contribution in [-0.4, -0.2) is 18.0 Å². The number of carbonyl (C=O) groups is 1. The second-order valence-corrected chi connectivity index (χ2v) is 4.88. The lowest BCUT2D eigenvalue weighted by Gasteiger charge is -2.12. The van der Waals surface area contributed by atoms with Gasteiger partial charge in [0.25, 0.3) is 0 Å². The molecule has 0 aliphatic rings. The Morgan fingerprint density at radius 1 is 1.35 bits per heavy atom. The molecule has 0 aliphatic carbocycles. The predicted molar refractivity (Wildman–Crippen MR) is 68.2 cm³/mol. The highest BCUT2D eigenvalue weighted by Crippen LogP contribution is 2.27. The van der Waals surface area contributed by atoms with E-state index in [-0.39, 0.29) is 16.9 Å². The van der Waals surface area contributed by atoms with Crippen LogP contribution in [0.1, 0.15) is 26.3 Å². The monoisotopic (exact) mass is 234 g/mol. The van der Waals surface area contributed by atoms with E-state index in [1.54, 1.807) is 30.4 Å². The molecule has 1 aromatic carbocycles. The standard InChI is InChI=1S/C14H18O3/c1-14(2,3)13(16)8-6-10-5-7-11(15)12(9-10)17-4/h5-9,15H,1-4H3/b8-6+. The fourth-order valence-electron chi connectivity index (χ4n) is 1.22. The van der Waals surface area contributed by atoms with Gasteiger partial charge in [0.05, 0.1) is 7.11 Å². The van der Waals surface area contributed by atoms with E-state index in [4.69, 9.17) is 4.74 Å². The third kappa shape index (κ3) is 3.63. The molecule has 0 unspecified atom stereocenters. The number of ketones is 1. The van der Waals surface area contributed by atoms with Crippen LogP contribution in [0.4, 0.5) is 0 Å². The first kappa shape index (κ1) is 13.3. The fraction of sp³-hybridized carbons (Fsp3) is 0.357. The molecule has 0 heterocycles. The van der Waals surface area contributed by atoms with Gasteiger partial charge in [0.2, 0.25) is 0 Å². The predicted octanol–water partition coefficient (Wildman–Crippen LogP) is 3.03. The Morgan fingerprint density at radius 3 is 2.53 bits per heavy atom. The van der Waals surface area contributed by atoms with Crippen molar-refractivity contribution >= 4 is 11.9 Å². The zero-order valence-corrected chi connectivity index (χ0v) is 10.7. The van der Waals surface area contributed by atoms with Gasteiger partial charge in [-0.2, -0.15) is 0 Å². The highest BCUT2D eigenvalue weighted by Gasteiger charge is 2.17. The van der Waals surface area contributed by atoms with Gasteiger partial charge >= 0.3 is 0 Å². The maximum Gasteiger partial charge on any atom is 0.161 e. The van der Waals surface area contributed by atoms with Crippen molar-refractivity contribution in [2.75, 3.05) is 7.11 Å². The van der Waals surface area contributed by atoms with Crippen molar-refractivity contribution < 1.29 is 14.6 Å². The summed E-state index contributed by atoms with van der Waals surface area (Å²) in [5, 5.41) is 9.43. The quantitative estimate of drug-likeness (QED) is 0.818. The van der Waals surface area contributed by atoms with Crippen molar-refractivity contribution in [1.29, 1.82) is 0 Å². The smallest absolute Gasteiger partial charge is 0.161 e. The van der Waals surface area contributed by atoms with Crippen molar-refractivity contribution in [1.82, 2.24) is 0 Å². The summed E-state index contributed by atoms with van der Waals surface area (Å²) < 4.78 is 4.99. The first-order chi connectivity index (χ1) is 7.84. The molecule has 1 N–H and O–H groups in total. The molecule has 0 saturated heterocycles. The van der Waals surface area contributed by atoms with E-state index in [2.05, 4.69) is 0 Å². The molecule has 0 fully saturated rings. The summed E-state index contributed by atoms with van der Waals surface area (Å²) in [6.45, 7) is 5.62. The molecule has 1 aromatic rings. The molecule has 1 rings (SSSR count). The van der Waals surface area contributed by atoms with Gasteiger partial charge in [-0.1, -0.05) is 32.9 Å². The summed E-state index contributed by atoms with van der Waals surface area (Å²) >= 11 is 0. The highest BCUT2D eigenvalue weighted by molar-refractivity contribution is 5.97. The number of rotatable bonds is 3. The number of carbonyl (C=O) groups excluding carboxylic acids is 1. The number of phenolic OH excluding ortho intramolecular Hbond substituents is 1. The molecule has 0 aliphatic heterocycles. The first-order valence-electron chi connectivity index (χ1n) is 5.44. The lowest BCUT2D eigenvalue weighted by molar-refractivity contribution is -0.121. The van der Waals surface area contributed by atoms with E-state index in [0.717, 1.165) is 5.56 Å². The number of hydrogen-bond donors (Lipinski definition) is 1. The van der Waals surface area contributed by atoms with E-state index in [1.165, 1.54) is 7.11 Å². The van der Waals surface area contributed by atoms with Gasteiger partial charge in [0, 0.05) is 5.41 Å². The zero-order chi connectivity index (χ0) is 13.1. The summed E-state index contributed by atoms with van der Waals surface area (Å²) in [6.07, 6.45) is 3.27. The number of aromatic hydroxyl groups is 1. The summed E-state index contributed by atoms with van der Waals surface area (Å²) in [7, 11) is 1.49. The van der Waals surface area contributed by atoms with Gasteiger partial charge in [-0.05, 0) is 23.8 Å². The Hall–Kier alpha value is -1.77. The van der Waals surface area contributed by atoms with Gasteiger partial charge in [0.15, 0.2) is 17.3 Å². The van der Waals surface area contributed by atoms with Crippen LogP contribution in [-0.2, 0) is 4.79 Å². The van der Waals surface area contributed by atoms with Crippen molar-refractivity contribution in [2.24, 2.45) is 5.41 Å². The Morgan fingerprint density at radius 2 is 2.00 bits per heavy atom. The summed E-state index contributed by atoms with van der Waals surface area (Å²) in [5.41, 5.74) is 0.439. The van der Waals surface area contributed by atoms with Crippen LogP contribution in [0.2, 0.25) is 0 Å². The van der Waals surface area contributed by atoms with Crippen LogP contribution in [0.15, 0.2) is 24.3 Å². The maximum atomic E-state index is 11.7. The second-order valence-electron chi connectivity index (χ2n) is 4.88. The number of benzene rings is 1. The summed E-state index contributed by atoms with van der Waals surface area (Å²) in [4.78, 5) is 11.7. The van der Waals surface area contributed by atoms with Crippen molar-refractivity contribution in [3.05, 3.63) is 29.8 Å². The number of hydrogen-bond acceptors (Lipinski definition) is 3. The van der Waals surface area contributed by atoms with E-state index in [9.17, 15) is 9.90 Å². The average Bonchev–Trinajstić information content (AvgIpc) is 2.26. The van der Waals surface area contributed by atoms with Crippen LogP contribution < -0.4 is 4.74 Å². The van der Waals surface area contributed by atoms with Crippen molar-refractivity contribution in [3.63, 3.8) is 0 Å². The van der Waals surface area contributed by atoms with E-state index in [1.807, 2.05) is 20.8 Å². The van der Waals surface area contributed by atoms with Crippen LogP contribution in [0.25, 0.3) is 6.08 Å². The SMILES string of the molecule is COc1cc(/C=C/C(=O)C(C)(C)C)ccc1O. The van der Waals surface area contributed by atoms with Crippen molar-refractivity contribution in [3.8, 4) is 11.5 Å². The van der Waals surface area contributed by atoms with E-state index in [0.29, 0.717) is 5.75 Å². The van der Waals surface area contributed by atoms with Gasteiger partial charge < -0.3 is 9.84 Å². The molecular weight excluding hydrogens is 216 g/mol. The van der Waals surface area contributed by atoms with Crippen LogP contribution in [0, 0.1) is 5.41 Å². The Kier molecular flexibility index (Phi) is 3.94. The Bertz CT molecular complexity index is 439. The highest BCUT2D eigenvalue weighted by atomic mass is 16.5. The molecule has 0 aromatic heterocycles. The van der Waals surface area contributed by atoms with Gasteiger partial charge in [-0.25, -0.2) is 0 Å². The van der Waals surface area contributed by atoms with E-state index >= 15 is 0 Å². The minimum atomic E-state index is -0.377. The number of phenols is 1. The van der Waals surface area contributed by atoms with Gasteiger partial charge in [-0.15, -0.1) is 0 Å². The number of allylic oxidation sites excluding steroid dienone is 1. The molecule has 3 nitrogen and oxygen atoms in total. The maximum absolute atomic E-state index is 11.7. The van der Waals surface area contributed by atoms with Crippen LogP contribution >= 0.6 is 0 Å². The molecule has 0 atom stereocenters. The molecule has 92 valence electrons. The van der Waals surface area contributed by atoms with Crippen LogP contribution in [0.3, 0.4) is 0 Å². The normalized spacial score (nSPS) is 11.8. The first-order valence-corrected chi connectivity index (χ1v) is 5.44. The minimum Gasteiger partial charge on any atom is -0.504 e. The fourth-order valence-corrected chi connectivity index (χ4v) is 1.22. The topological polar surface area (TPSA) is 46.5 Å². The number of methoxy groups -OCH3 is 1. The molecule has 0 saturated carbocycles. The zero-order valence-electron chi connectivity index (χ0n) is 10.7. The van der Waals surface area contributed by atoms with Gasteiger partial charge in [0.1, 0.15) is 0 Å². The largest absolute Gasteiger partial charge is 0.504 e. The Balaban J connectivity index is 2.89. The van der Waals surface area contributed by atoms with Gasteiger partial charge in [-0.3, -0.25) is 4.79 Å². The minimum absolute atomic E-state index is 0.0598. The molecule has 0 radical (unpaired) electrons. The average molecular weight is 234 g/mol. The summed E-state index contributed by atoms with van der Waals surface area (Å²) in [6, 6.07) is 4.95. The Labute approximate surface area is 102 Å². The molecule has 0 amide bonds. The molecule has 17 heavy (non-hydrogen) atoms.